The molecular formula is C21H19FN2O3. The number of phenolic OH excluding ortho intramolecular Hbond substituents is 1. The Balaban J connectivity index is 1.83. The number of hydrogen-bond donors (Lipinski definition) is 2. The third-order valence-corrected chi connectivity index (χ3v) is 5.49. The molecule has 6 heteroatoms. The number of para-hydroxylation sites is 1. The van der Waals surface area contributed by atoms with Crippen molar-refractivity contribution < 1.29 is 13.9 Å². The molecule has 0 spiro atoms. The molecule has 1 aliphatic heterocycles. The van der Waals surface area contributed by atoms with E-state index in [-0.39, 0.29) is 11.3 Å². The maximum atomic E-state index is 14.1. The zero-order valence-electron chi connectivity index (χ0n) is 14.7. The van der Waals surface area contributed by atoms with Crippen LogP contribution >= 0.6 is 0 Å². The molecule has 27 heavy (non-hydrogen) atoms. The van der Waals surface area contributed by atoms with Gasteiger partial charge >= 0.3 is 0 Å². The summed E-state index contributed by atoms with van der Waals surface area (Å²) in [7, 11) is 0. The molecule has 2 N–H and O–H groups in total. The predicted octanol–water partition coefficient (Wildman–Crippen LogP) is 4.26. The van der Waals surface area contributed by atoms with Gasteiger partial charge in [-0.3, -0.25) is 9.69 Å². The molecule has 0 amide bonds. The highest BCUT2D eigenvalue weighted by molar-refractivity contribution is 6.15. The number of halogens is 1. The van der Waals surface area contributed by atoms with Crippen LogP contribution in [0.3, 0.4) is 0 Å². The van der Waals surface area contributed by atoms with Crippen LogP contribution < -0.4 is 5.56 Å². The number of H-pyrrole nitrogens is 1. The number of aromatic hydroxyl groups is 1. The molecule has 1 fully saturated rings. The maximum absolute atomic E-state index is 14.1. The fourth-order valence-electron chi connectivity index (χ4n) is 4.17. The lowest BCUT2D eigenvalue weighted by atomic mass is 10.0. The SMILES string of the molecule is O=c1[nH]c2c(F)cccc2c2oc3ccc(O)c(CN4CCCCC4)c3c12. The molecule has 0 unspecified atom stereocenters. The van der Waals surface area contributed by atoms with Gasteiger partial charge in [-0.15, -0.1) is 0 Å². The second-order valence-electron chi connectivity index (χ2n) is 7.20. The van der Waals surface area contributed by atoms with Crippen LogP contribution in [0.5, 0.6) is 5.75 Å². The Kier molecular flexibility index (Phi) is 3.68. The molecule has 5 nitrogen and oxygen atoms in total. The molecule has 4 aromatic rings. The second-order valence-corrected chi connectivity index (χ2v) is 7.20. The standard InChI is InChI=1S/C21H19FN2O3/c22-14-6-4-5-12-19(14)23-21(26)18-17-13(11-24-9-2-1-3-10-24)15(25)7-8-16(17)27-20(12)18/h4-8,25H,1-3,9-11H2,(H,23,26). The fourth-order valence-corrected chi connectivity index (χ4v) is 4.17. The number of rotatable bonds is 2. The van der Waals surface area contributed by atoms with Crippen LogP contribution in [0.2, 0.25) is 0 Å². The van der Waals surface area contributed by atoms with E-state index in [4.69, 9.17) is 4.42 Å². The number of furan rings is 1. The van der Waals surface area contributed by atoms with Gasteiger partial charge in [0.15, 0.2) is 0 Å². The number of piperidine rings is 1. The van der Waals surface area contributed by atoms with Gasteiger partial charge in [0.1, 0.15) is 22.7 Å². The molecule has 1 aliphatic rings. The van der Waals surface area contributed by atoms with Crippen LogP contribution in [-0.4, -0.2) is 28.1 Å². The van der Waals surface area contributed by atoms with Crippen molar-refractivity contribution in [2.75, 3.05) is 13.1 Å². The number of nitrogens with zero attached hydrogens (tertiary/aromatic N) is 1. The van der Waals surface area contributed by atoms with E-state index in [1.165, 1.54) is 12.5 Å². The summed E-state index contributed by atoms with van der Waals surface area (Å²) in [6, 6.07) is 7.88. The topological polar surface area (TPSA) is 69.5 Å². The Bertz CT molecular complexity index is 1240. The van der Waals surface area contributed by atoms with Crippen LogP contribution in [0.1, 0.15) is 24.8 Å². The van der Waals surface area contributed by atoms with Crippen molar-refractivity contribution in [2.24, 2.45) is 0 Å². The van der Waals surface area contributed by atoms with Crippen molar-refractivity contribution >= 4 is 32.8 Å². The third kappa shape index (κ3) is 2.51. The van der Waals surface area contributed by atoms with Crippen molar-refractivity contribution in [3.05, 3.63) is 52.1 Å². The highest BCUT2D eigenvalue weighted by Crippen LogP contribution is 2.37. The molecule has 2 aromatic carbocycles. The van der Waals surface area contributed by atoms with Gasteiger partial charge in [-0.1, -0.05) is 12.5 Å². The van der Waals surface area contributed by atoms with Gasteiger partial charge in [-0.25, -0.2) is 4.39 Å². The summed E-state index contributed by atoms with van der Waals surface area (Å²) in [6.07, 6.45) is 3.49. The van der Waals surface area contributed by atoms with Crippen LogP contribution in [0.25, 0.3) is 32.8 Å². The summed E-state index contributed by atoms with van der Waals surface area (Å²) in [5, 5.41) is 12.0. The minimum Gasteiger partial charge on any atom is -0.508 e. The summed E-state index contributed by atoms with van der Waals surface area (Å²) < 4.78 is 20.1. The van der Waals surface area contributed by atoms with E-state index >= 15 is 0 Å². The summed E-state index contributed by atoms with van der Waals surface area (Å²) in [6.45, 7) is 2.49. The lowest BCUT2D eigenvalue weighted by molar-refractivity contribution is 0.219. The third-order valence-electron chi connectivity index (χ3n) is 5.49. The fraction of sp³-hybridized carbons (Fsp3) is 0.286. The highest BCUT2D eigenvalue weighted by atomic mass is 19.1. The van der Waals surface area contributed by atoms with Crippen molar-refractivity contribution in [3.63, 3.8) is 0 Å². The van der Waals surface area contributed by atoms with E-state index < -0.39 is 11.4 Å². The largest absolute Gasteiger partial charge is 0.508 e. The van der Waals surface area contributed by atoms with E-state index in [1.807, 2.05) is 0 Å². The van der Waals surface area contributed by atoms with Crippen LogP contribution in [0, 0.1) is 5.82 Å². The molecule has 138 valence electrons. The van der Waals surface area contributed by atoms with E-state index in [9.17, 15) is 14.3 Å². The number of fused-ring (bicyclic) bond motifs is 5. The number of nitrogens with one attached hydrogen (secondary N) is 1. The Labute approximate surface area is 154 Å². The number of hydrogen-bond acceptors (Lipinski definition) is 4. The minimum atomic E-state index is -0.497. The summed E-state index contributed by atoms with van der Waals surface area (Å²) in [4.78, 5) is 17.7. The Hall–Kier alpha value is -2.86. The Morgan fingerprint density at radius 3 is 2.74 bits per heavy atom. The van der Waals surface area contributed by atoms with Gasteiger partial charge in [-0.05, 0) is 50.2 Å². The summed E-state index contributed by atoms with van der Waals surface area (Å²) in [5.41, 5.74) is 1.29. The number of phenols is 1. The Morgan fingerprint density at radius 2 is 1.93 bits per heavy atom. The molecule has 0 radical (unpaired) electrons. The normalized spacial score (nSPS) is 15.9. The average Bonchev–Trinajstić information content (AvgIpc) is 3.07. The first-order chi connectivity index (χ1) is 13.1. The van der Waals surface area contributed by atoms with E-state index in [2.05, 4.69) is 9.88 Å². The summed E-state index contributed by atoms with van der Waals surface area (Å²) >= 11 is 0. The number of aromatic nitrogens is 1. The predicted molar refractivity (Wildman–Crippen MR) is 103 cm³/mol. The van der Waals surface area contributed by atoms with Crippen molar-refractivity contribution in [2.45, 2.75) is 25.8 Å². The van der Waals surface area contributed by atoms with Crippen molar-refractivity contribution in [1.82, 2.24) is 9.88 Å². The molecule has 0 aliphatic carbocycles. The number of aromatic amines is 1. The van der Waals surface area contributed by atoms with E-state index in [0.29, 0.717) is 39.4 Å². The summed E-state index contributed by atoms with van der Waals surface area (Å²) in [5.74, 6) is -0.349. The monoisotopic (exact) mass is 366 g/mol. The van der Waals surface area contributed by atoms with Gasteiger partial charge in [-0.2, -0.15) is 0 Å². The van der Waals surface area contributed by atoms with Crippen molar-refractivity contribution in [3.8, 4) is 5.75 Å². The van der Waals surface area contributed by atoms with Gasteiger partial charge in [0.05, 0.1) is 10.9 Å². The molecule has 5 rings (SSSR count). The molecule has 0 saturated carbocycles. The minimum absolute atomic E-state index is 0.135. The maximum Gasteiger partial charge on any atom is 0.260 e. The molecule has 0 atom stereocenters. The van der Waals surface area contributed by atoms with Gasteiger partial charge in [0, 0.05) is 22.9 Å². The van der Waals surface area contributed by atoms with Crippen LogP contribution in [0.15, 0.2) is 39.5 Å². The Morgan fingerprint density at radius 1 is 1.11 bits per heavy atom. The zero-order valence-corrected chi connectivity index (χ0v) is 14.7. The first kappa shape index (κ1) is 16.3. The van der Waals surface area contributed by atoms with Gasteiger partial charge in [0.2, 0.25) is 0 Å². The quantitative estimate of drug-likeness (QED) is 0.556. The number of benzene rings is 2. The van der Waals surface area contributed by atoms with E-state index in [0.717, 1.165) is 25.9 Å². The first-order valence-electron chi connectivity index (χ1n) is 9.23. The second kappa shape index (κ2) is 6.09. The molecule has 0 bridgehead atoms. The lowest BCUT2D eigenvalue weighted by Gasteiger charge is -2.26. The van der Waals surface area contributed by atoms with E-state index in [1.54, 1.807) is 24.3 Å². The first-order valence-corrected chi connectivity index (χ1v) is 9.23. The molecule has 2 aromatic heterocycles. The van der Waals surface area contributed by atoms with Crippen molar-refractivity contribution in [1.29, 1.82) is 0 Å². The molecular weight excluding hydrogens is 347 g/mol. The van der Waals surface area contributed by atoms with Crippen LogP contribution in [0.4, 0.5) is 4.39 Å². The lowest BCUT2D eigenvalue weighted by Crippen LogP contribution is -2.29. The number of likely N-dealkylation sites (tertiary alicyclic amines) is 1. The van der Waals surface area contributed by atoms with Gasteiger partial charge < -0.3 is 14.5 Å². The molecule has 1 saturated heterocycles. The smallest absolute Gasteiger partial charge is 0.260 e. The highest BCUT2D eigenvalue weighted by Gasteiger charge is 2.22. The average molecular weight is 366 g/mol. The zero-order chi connectivity index (χ0) is 18.5. The van der Waals surface area contributed by atoms with Gasteiger partial charge in [0.25, 0.3) is 5.56 Å². The molecule has 3 heterocycles. The van der Waals surface area contributed by atoms with Crippen LogP contribution in [-0.2, 0) is 6.54 Å². The number of pyridine rings is 1.